The summed E-state index contributed by atoms with van der Waals surface area (Å²) in [6.07, 6.45) is 3.40. The maximum atomic E-state index is 6.00. The Morgan fingerprint density at radius 3 is 2.04 bits per heavy atom. The Kier molecular flexibility index (Phi) is 6.61. The van der Waals surface area contributed by atoms with Gasteiger partial charge in [-0.15, -0.1) is 0 Å². The molecule has 4 rings (SSSR count). The van der Waals surface area contributed by atoms with Gasteiger partial charge >= 0.3 is 0 Å². The molecule has 0 atom stereocenters. The van der Waals surface area contributed by atoms with Gasteiger partial charge in [0.1, 0.15) is 0 Å². The molecule has 3 aromatic carbocycles. The number of rotatable bonds is 3. The van der Waals surface area contributed by atoms with Crippen LogP contribution in [0.4, 0.5) is 11.4 Å². The number of nitrogens with one attached hydrogen (secondary N) is 1. The SMILES string of the molecule is Cc1ccccc1Nc1ccccc1.Clc1cnccc1-c1ccccc1. The zero-order valence-electron chi connectivity index (χ0n) is 15.1. The minimum absolute atomic E-state index is 0.689. The Morgan fingerprint density at radius 1 is 0.741 bits per heavy atom. The molecule has 0 spiro atoms. The van der Waals surface area contributed by atoms with Crippen molar-refractivity contribution in [3.63, 3.8) is 0 Å². The van der Waals surface area contributed by atoms with E-state index in [2.05, 4.69) is 41.5 Å². The molecule has 2 nitrogen and oxygen atoms in total. The van der Waals surface area contributed by atoms with Crippen LogP contribution in [0, 0.1) is 6.92 Å². The van der Waals surface area contributed by atoms with Gasteiger partial charge < -0.3 is 5.32 Å². The summed E-state index contributed by atoms with van der Waals surface area (Å²) in [6.45, 7) is 2.10. The van der Waals surface area contributed by atoms with Gasteiger partial charge in [-0.3, -0.25) is 4.98 Å². The topological polar surface area (TPSA) is 24.9 Å². The lowest BCUT2D eigenvalue weighted by atomic mass is 10.1. The number of hydrogen-bond acceptors (Lipinski definition) is 2. The summed E-state index contributed by atoms with van der Waals surface area (Å²) >= 11 is 6.00. The number of halogens is 1. The zero-order chi connectivity index (χ0) is 18.9. The molecule has 0 amide bonds. The van der Waals surface area contributed by atoms with E-state index in [1.54, 1.807) is 12.4 Å². The van der Waals surface area contributed by atoms with Gasteiger partial charge in [0.15, 0.2) is 0 Å². The molecule has 0 aliphatic rings. The van der Waals surface area contributed by atoms with Crippen LogP contribution in [0.15, 0.2) is 103 Å². The molecule has 3 heteroatoms. The average molecular weight is 373 g/mol. The van der Waals surface area contributed by atoms with E-state index >= 15 is 0 Å². The molecule has 0 radical (unpaired) electrons. The summed E-state index contributed by atoms with van der Waals surface area (Å²) in [5.74, 6) is 0. The molecule has 4 aromatic rings. The highest BCUT2D eigenvalue weighted by Gasteiger charge is 2.00. The van der Waals surface area contributed by atoms with Crippen molar-refractivity contribution in [1.82, 2.24) is 4.98 Å². The van der Waals surface area contributed by atoms with Gasteiger partial charge in [-0.25, -0.2) is 0 Å². The van der Waals surface area contributed by atoms with Gasteiger partial charge in [0.2, 0.25) is 0 Å². The molecule has 1 aromatic heterocycles. The predicted molar refractivity (Wildman–Crippen MR) is 116 cm³/mol. The van der Waals surface area contributed by atoms with Crippen LogP contribution in [0.1, 0.15) is 5.56 Å². The van der Waals surface area contributed by atoms with Crippen molar-refractivity contribution < 1.29 is 0 Å². The standard InChI is InChI=1S/C13H13N.C11H8ClN/c1-11-7-5-6-10-13(11)14-12-8-3-2-4-9-12;12-11-8-13-7-6-10(11)9-4-2-1-3-5-9/h2-10,14H,1H3;1-8H. The quantitative estimate of drug-likeness (QED) is 0.413. The number of hydrogen-bond donors (Lipinski definition) is 1. The second-order valence-electron chi connectivity index (χ2n) is 6.03. The first kappa shape index (κ1) is 18.7. The summed E-state index contributed by atoms with van der Waals surface area (Å²) in [5, 5.41) is 4.06. The Balaban J connectivity index is 0.000000156. The van der Waals surface area contributed by atoms with Crippen molar-refractivity contribution in [3.8, 4) is 11.1 Å². The fraction of sp³-hybridized carbons (Fsp3) is 0.0417. The first-order chi connectivity index (χ1) is 13.2. The van der Waals surface area contributed by atoms with Crippen LogP contribution in [0.2, 0.25) is 5.02 Å². The van der Waals surface area contributed by atoms with Gasteiger partial charge in [-0.05, 0) is 42.3 Å². The third kappa shape index (κ3) is 5.44. The van der Waals surface area contributed by atoms with Crippen LogP contribution in [0.5, 0.6) is 0 Å². The Morgan fingerprint density at radius 2 is 1.37 bits per heavy atom. The van der Waals surface area contributed by atoms with E-state index < -0.39 is 0 Å². The molecule has 0 aliphatic heterocycles. The fourth-order valence-corrected chi connectivity index (χ4v) is 2.85. The third-order valence-electron chi connectivity index (χ3n) is 4.06. The van der Waals surface area contributed by atoms with E-state index in [1.165, 1.54) is 11.3 Å². The smallest absolute Gasteiger partial charge is 0.0667 e. The van der Waals surface area contributed by atoms with Gasteiger partial charge in [-0.2, -0.15) is 0 Å². The minimum Gasteiger partial charge on any atom is -0.355 e. The van der Waals surface area contributed by atoms with Gasteiger partial charge in [0.25, 0.3) is 0 Å². The number of anilines is 2. The first-order valence-corrected chi connectivity index (χ1v) is 9.14. The molecular weight excluding hydrogens is 352 g/mol. The van der Waals surface area contributed by atoms with Crippen molar-refractivity contribution in [2.75, 3.05) is 5.32 Å². The predicted octanol–water partition coefficient (Wildman–Crippen LogP) is 7.14. The zero-order valence-corrected chi connectivity index (χ0v) is 15.9. The lowest BCUT2D eigenvalue weighted by Crippen LogP contribution is -1.91. The van der Waals surface area contributed by atoms with E-state index in [0.717, 1.165) is 16.8 Å². The molecule has 0 aliphatic carbocycles. The lowest BCUT2D eigenvalue weighted by Gasteiger charge is -2.08. The summed E-state index contributed by atoms with van der Waals surface area (Å²) in [5.41, 5.74) is 5.70. The van der Waals surface area contributed by atoms with Crippen molar-refractivity contribution in [2.24, 2.45) is 0 Å². The van der Waals surface area contributed by atoms with E-state index in [1.807, 2.05) is 66.7 Å². The highest BCUT2D eigenvalue weighted by atomic mass is 35.5. The van der Waals surface area contributed by atoms with Crippen molar-refractivity contribution in [1.29, 1.82) is 0 Å². The Hall–Kier alpha value is -3.10. The molecule has 134 valence electrons. The number of para-hydroxylation sites is 2. The largest absolute Gasteiger partial charge is 0.355 e. The van der Waals surface area contributed by atoms with E-state index in [0.29, 0.717) is 5.02 Å². The summed E-state index contributed by atoms with van der Waals surface area (Å²) in [4.78, 5) is 3.94. The van der Waals surface area contributed by atoms with Gasteiger partial charge in [0.05, 0.1) is 5.02 Å². The second-order valence-corrected chi connectivity index (χ2v) is 6.43. The van der Waals surface area contributed by atoms with E-state index in [4.69, 9.17) is 11.6 Å². The third-order valence-corrected chi connectivity index (χ3v) is 4.36. The summed E-state index contributed by atoms with van der Waals surface area (Å²) in [7, 11) is 0. The van der Waals surface area contributed by atoms with Crippen molar-refractivity contribution in [3.05, 3.63) is 114 Å². The van der Waals surface area contributed by atoms with Crippen molar-refractivity contribution >= 4 is 23.0 Å². The monoisotopic (exact) mass is 372 g/mol. The molecular formula is C24H21ClN2. The van der Waals surface area contributed by atoms with Gasteiger partial charge in [0, 0.05) is 29.3 Å². The van der Waals surface area contributed by atoms with Crippen LogP contribution >= 0.6 is 11.6 Å². The van der Waals surface area contributed by atoms with Crippen LogP contribution in [-0.2, 0) is 0 Å². The van der Waals surface area contributed by atoms with Gasteiger partial charge in [-0.1, -0.05) is 78.3 Å². The van der Waals surface area contributed by atoms with Crippen LogP contribution in [0.25, 0.3) is 11.1 Å². The van der Waals surface area contributed by atoms with Crippen LogP contribution in [-0.4, -0.2) is 4.98 Å². The van der Waals surface area contributed by atoms with Crippen molar-refractivity contribution in [2.45, 2.75) is 6.92 Å². The molecule has 0 saturated heterocycles. The summed E-state index contributed by atoms with van der Waals surface area (Å²) < 4.78 is 0. The fourth-order valence-electron chi connectivity index (χ4n) is 2.62. The number of aryl methyl sites for hydroxylation is 1. The normalized spacial score (nSPS) is 9.85. The molecule has 0 unspecified atom stereocenters. The van der Waals surface area contributed by atoms with Crippen LogP contribution < -0.4 is 5.32 Å². The van der Waals surface area contributed by atoms with E-state index in [-0.39, 0.29) is 0 Å². The number of aromatic nitrogens is 1. The maximum absolute atomic E-state index is 6.00. The Labute approximate surface area is 165 Å². The molecule has 0 saturated carbocycles. The highest BCUT2D eigenvalue weighted by Crippen LogP contribution is 2.25. The second kappa shape index (κ2) is 9.56. The molecule has 1 N–H and O–H groups in total. The molecule has 27 heavy (non-hydrogen) atoms. The number of pyridine rings is 1. The van der Waals surface area contributed by atoms with Crippen LogP contribution in [0.3, 0.4) is 0 Å². The molecule has 1 heterocycles. The number of nitrogens with zero attached hydrogens (tertiary/aromatic N) is 1. The first-order valence-electron chi connectivity index (χ1n) is 8.76. The number of benzene rings is 3. The highest BCUT2D eigenvalue weighted by molar-refractivity contribution is 6.33. The lowest BCUT2D eigenvalue weighted by molar-refractivity contribution is 1.33. The van der Waals surface area contributed by atoms with E-state index in [9.17, 15) is 0 Å². The minimum atomic E-state index is 0.689. The maximum Gasteiger partial charge on any atom is 0.0667 e. The summed E-state index contributed by atoms with van der Waals surface area (Å²) in [6, 6.07) is 30.4. The molecule has 0 bridgehead atoms. The molecule has 0 fully saturated rings. The average Bonchev–Trinajstić information content (AvgIpc) is 2.72. The Bertz CT molecular complexity index is 970.